The summed E-state index contributed by atoms with van der Waals surface area (Å²) in [5, 5.41) is 13.1. The predicted octanol–water partition coefficient (Wildman–Crippen LogP) is 1.90. The third-order valence-corrected chi connectivity index (χ3v) is 2.32. The number of nitro groups is 1. The van der Waals surface area contributed by atoms with Crippen molar-refractivity contribution in [1.82, 2.24) is 5.32 Å². The Morgan fingerprint density at radius 3 is 2.81 bits per heavy atom. The van der Waals surface area contributed by atoms with E-state index in [1.54, 1.807) is 0 Å². The first-order chi connectivity index (χ1) is 7.56. The van der Waals surface area contributed by atoms with Crippen molar-refractivity contribution in [3.8, 4) is 0 Å². The summed E-state index contributed by atoms with van der Waals surface area (Å²) in [6.07, 6.45) is 0. The van der Waals surface area contributed by atoms with Gasteiger partial charge >= 0.3 is 0 Å². The lowest BCUT2D eigenvalue weighted by atomic mass is 10.1. The zero-order chi connectivity index (χ0) is 12.1. The van der Waals surface area contributed by atoms with Crippen LogP contribution >= 0.6 is 22.6 Å². The van der Waals surface area contributed by atoms with Crippen LogP contribution in [-0.2, 0) is 0 Å². The maximum Gasteiger partial charge on any atom is 0.285 e. The van der Waals surface area contributed by atoms with Crippen LogP contribution in [0.4, 0.5) is 10.1 Å². The van der Waals surface area contributed by atoms with Crippen LogP contribution in [0.2, 0.25) is 0 Å². The molecule has 0 aliphatic carbocycles. The molecule has 16 heavy (non-hydrogen) atoms. The lowest BCUT2D eigenvalue weighted by molar-refractivity contribution is -0.385. The fourth-order valence-corrected chi connectivity index (χ4v) is 1.37. The van der Waals surface area contributed by atoms with Gasteiger partial charge in [-0.1, -0.05) is 22.6 Å². The van der Waals surface area contributed by atoms with Gasteiger partial charge in [-0.05, 0) is 12.1 Å². The molecule has 0 aromatic heterocycles. The van der Waals surface area contributed by atoms with Crippen LogP contribution in [0.5, 0.6) is 0 Å². The van der Waals surface area contributed by atoms with E-state index in [2.05, 4.69) is 27.9 Å². The van der Waals surface area contributed by atoms with Gasteiger partial charge in [-0.25, -0.2) is 4.39 Å². The quantitative estimate of drug-likeness (QED) is 0.394. The number of halogens is 2. The molecule has 0 radical (unpaired) electrons. The van der Waals surface area contributed by atoms with E-state index in [0.29, 0.717) is 11.0 Å². The second-order valence-corrected chi connectivity index (χ2v) is 3.94. The Bertz CT molecular complexity index is 425. The maximum atomic E-state index is 12.8. The van der Waals surface area contributed by atoms with Crippen molar-refractivity contribution >= 4 is 34.2 Å². The van der Waals surface area contributed by atoms with Gasteiger partial charge in [0.05, 0.1) is 11.0 Å². The van der Waals surface area contributed by atoms with E-state index >= 15 is 0 Å². The van der Waals surface area contributed by atoms with Gasteiger partial charge in [0, 0.05) is 11.0 Å². The Labute approximate surface area is 104 Å². The highest BCUT2D eigenvalue weighted by molar-refractivity contribution is 14.1. The Morgan fingerprint density at radius 2 is 2.25 bits per heavy atom. The number of nitrogens with zero attached hydrogens (tertiary/aromatic N) is 1. The van der Waals surface area contributed by atoms with E-state index in [9.17, 15) is 19.3 Å². The van der Waals surface area contributed by atoms with Gasteiger partial charge in [0.1, 0.15) is 11.4 Å². The highest BCUT2D eigenvalue weighted by Gasteiger charge is 2.20. The summed E-state index contributed by atoms with van der Waals surface area (Å²) in [4.78, 5) is 21.3. The van der Waals surface area contributed by atoms with Crippen LogP contribution in [-0.4, -0.2) is 21.8 Å². The SMILES string of the molecule is O=C(NCCI)c1ccc(F)cc1[N+](=O)[O-]. The van der Waals surface area contributed by atoms with E-state index in [0.717, 1.165) is 18.2 Å². The molecule has 1 amide bonds. The van der Waals surface area contributed by atoms with Gasteiger partial charge in [0.2, 0.25) is 0 Å². The first kappa shape index (κ1) is 12.8. The van der Waals surface area contributed by atoms with Crippen molar-refractivity contribution in [1.29, 1.82) is 0 Å². The minimum atomic E-state index is -0.776. The molecule has 0 aliphatic rings. The van der Waals surface area contributed by atoms with E-state index in [1.165, 1.54) is 0 Å². The molecule has 0 fully saturated rings. The largest absolute Gasteiger partial charge is 0.351 e. The van der Waals surface area contributed by atoms with Crippen LogP contribution in [0.25, 0.3) is 0 Å². The molecule has 5 nitrogen and oxygen atoms in total. The monoisotopic (exact) mass is 338 g/mol. The molecule has 7 heteroatoms. The molecule has 0 unspecified atom stereocenters. The van der Waals surface area contributed by atoms with Crippen molar-refractivity contribution in [2.75, 3.05) is 11.0 Å². The molecule has 0 saturated heterocycles. The molecule has 1 aromatic carbocycles. The minimum absolute atomic E-state index is 0.128. The Morgan fingerprint density at radius 1 is 1.56 bits per heavy atom. The number of amides is 1. The zero-order valence-corrected chi connectivity index (χ0v) is 10.2. The molecule has 1 aromatic rings. The van der Waals surface area contributed by atoms with Gasteiger partial charge in [0.25, 0.3) is 11.6 Å². The summed E-state index contributed by atoms with van der Waals surface area (Å²) >= 11 is 2.06. The van der Waals surface area contributed by atoms with Crippen LogP contribution in [0, 0.1) is 15.9 Å². The molecule has 0 heterocycles. The van der Waals surface area contributed by atoms with Crippen molar-refractivity contribution < 1.29 is 14.1 Å². The predicted molar refractivity (Wildman–Crippen MR) is 64.3 cm³/mol. The smallest absolute Gasteiger partial charge is 0.285 e. The summed E-state index contributed by atoms with van der Waals surface area (Å²) in [6.45, 7) is 0.411. The number of carbonyl (C=O) groups excluding carboxylic acids is 1. The number of hydrogen-bond donors (Lipinski definition) is 1. The van der Waals surface area contributed by atoms with Crippen LogP contribution in [0.3, 0.4) is 0 Å². The third kappa shape index (κ3) is 3.12. The second-order valence-electron chi connectivity index (χ2n) is 2.86. The number of rotatable bonds is 4. The molecule has 0 bridgehead atoms. The average molecular weight is 338 g/mol. The van der Waals surface area contributed by atoms with E-state index in [4.69, 9.17) is 0 Å². The van der Waals surface area contributed by atoms with Crippen LogP contribution in [0.15, 0.2) is 18.2 Å². The highest BCUT2D eigenvalue weighted by Crippen LogP contribution is 2.19. The van der Waals surface area contributed by atoms with Crippen LogP contribution in [0.1, 0.15) is 10.4 Å². The molecule has 0 aliphatic heterocycles. The molecule has 1 rings (SSSR count). The standard InChI is InChI=1S/C9H8FIN2O3/c10-6-1-2-7(8(5-6)13(15)16)9(14)12-4-3-11/h1-2,5H,3-4H2,(H,12,14). The van der Waals surface area contributed by atoms with E-state index < -0.39 is 22.3 Å². The summed E-state index contributed by atoms with van der Waals surface area (Å²) in [5.41, 5.74) is -0.651. The third-order valence-electron chi connectivity index (χ3n) is 1.78. The minimum Gasteiger partial charge on any atom is -0.351 e. The number of benzene rings is 1. The Hall–Kier alpha value is -1.25. The number of carbonyl (C=O) groups is 1. The van der Waals surface area contributed by atoms with E-state index in [-0.39, 0.29) is 5.56 Å². The summed E-state index contributed by atoms with van der Waals surface area (Å²) in [5.74, 6) is -1.31. The second kappa shape index (κ2) is 5.73. The van der Waals surface area contributed by atoms with Gasteiger partial charge in [0.15, 0.2) is 0 Å². The highest BCUT2D eigenvalue weighted by atomic mass is 127. The summed E-state index contributed by atoms with van der Waals surface area (Å²) in [7, 11) is 0. The average Bonchev–Trinajstić information content (AvgIpc) is 2.25. The van der Waals surface area contributed by atoms with Crippen molar-refractivity contribution in [3.63, 3.8) is 0 Å². The lowest BCUT2D eigenvalue weighted by Gasteiger charge is -2.03. The topological polar surface area (TPSA) is 72.2 Å². The fourth-order valence-electron chi connectivity index (χ4n) is 1.10. The molecular formula is C9H8FIN2O3. The van der Waals surface area contributed by atoms with Gasteiger partial charge in [-0.2, -0.15) is 0 Å². The fraction of sp³-hybridized carbons (Fsp3) is 0.222. The number of nitro benzene ring substituents is 1. The first-order valence-corrected chi connectivity index (χ1v) is 5.87. The Balaban J connectivity index is 3.03. The van der Waals surface area contributed by atoms with Gasteiger partial charge in [-0.15, -0.1) is 0 Å². The maximum absolute atomic E-state index is 12.8. The summed E-state index contributed by atoms with van der Waals surface area (Å²) in [6, 6.07) is 2.86. The molecular weight excluding hydrogens is 330 g/mol. The van der Waals surface area contributed by atoms with Crippen molar-refractivity contribution in [3.05, 3.63) is 39.7 Å². The van der Waals surface area contributed by atoms with E-state index in [1.807, 2.05) is 0 Å². The van der Waals surface area contributed by atoms with Crippen molar-refractivity contribution in [2.24, 2.45) is 0 Å². The molecule has 0 spiro atoms. The number of alkyl halides is 1. The number of hydrogen-bond acceptors (Lipinski definition) is 3. The molecule has 0 atom stereocenters. The van der Waals surface area contributed by atoms with Gasteiger partial charge in [-0.3, -0.25) is 14.9 Å². The van der Waals surface area contributed by atoms with Crippen LogP contribution < -0.4 is 5.32 Å². The molecule has 86 valence electrons. The van der Waals surface area contributed by atoms with Crippen molar-refractivity contribution in [2.45, 2.75) is 0 Å². The normalized spacial score (nSPS) is 9.88. The summed E-state index contributed by atoms with van der Waals surface area (Å²) < 4.78 is 13.5. The Kier molecular flexibility index (Phi) is 4.59. The number of nitrogens with one attached hydrogen (secondary N) is 1. The van der Waals surface area contributed by atoms with Gasteiger partial charge < -0.3 is 5.32 Å². The molecule has 1 N–H and O–H groups in total. The molecule has 0 saturated carbocycles. The first-order valence-electron chi connectivity index (χ1n) is 4.34. The zero-order valence-electron chi connectivity index (χ0n) is 8.07. The lowest BCUT2D eigenvalue weighted by Crippen LogP contribution is -2.25.